The normalized spacial score (nSPS) is 11.6. The van der Waals surface area contributed by atoms with Crippen molar-refractivity contribution in [2.45, 2.75) is 58.9 Å². The predicted molar refractivity (Wildman–Crippen MR) is 80.2 cm³/mol. The Morgan fingerprint density at radius 1 is 1.25 bits per heavy atom. The van der Waals surface area contributed by atoms with Gasteiger partial charge in [-0.15, -0.1) is 0 Å². The Balaban J connectivity index is 4.65. The van der Waals surface area contributed by atoms with Crippen LogP contribution in [-0.4, -0.2) is 42.5 Å². The van der Waals surface area contributed by atoms with E-state index in [0.29, 0.717) is 25.3 Å². The van der Waals surface area contributed by atoms with Crippen LogP contribution in [0, 0.1) is 5.92 Å². The third kappa shape index (κ3) is 8.15. The average Bonchev–Trinajstić information content (AvgIpc) is 2.39. The van der Waals surface area contributed by atoms with Gasteiger partial charge >= 0.3 is 5.97 Å². The maximum Gasteiger partial charge on any atom is 0.325 e. The topological polar surface area (TPSA) is 72.6 Å². The minimum Gasteiger partial charge on any atom is -0.468 e. The largest absolute Gasteiger partial charge is 0.468 e. The highest BCUT2D eigenvalue weighted by Gasteiger charge is 2.22. The highest BCUT2D eigenvalue weighted by molar-refractivity contribution is 5.82. The zero-order valence-electron chi connectivity index (χ0n) is 13.6. The van der Waals surface area contributed by atoms with Gasteiger partial charge in [0.15, 0.2) is 0 Å². The van der Waals surface area contributed by atoms with E-state index in [9.17, 15) is 9.59 Å². The summed E-state index contributed by atoms with van der Waals surface area (Å²) in [5.74, 6) is 0.00614. The van der Waals surface area contributed by atoms with Crippen LogP contribution in [0.4, 0.5) is 0 Å². The lowest BCUT2D eigenvalue weighted by Gasteiger charge is -2.27. The van der Waals surface area contributed by atoms with Gasteiger partial charge in [-0.25, -0.2) is 0 Å². The van der Waals surface area contributed by atoms with Gasteiger partial charge in [0, 0.05) is 18.5 Å². The van der Waals surface area contributed by atoms with Crippen LogP contribution < -0.4 is 5.73 Å². The first-order chi connectivity index (χ1) is 9.23. The van der Waals surface area contributed by atoms with Crippen LogP contribution in [0.2, 0.25) is 0 Å². The number of carbonyl (C=O) groups excluding carboxylic acids is 2. The fourth-order valence-electron chi connectivity index (χ4n) is 1.92. The summed E-state index contributed by atoms with van der Waals surface area (Å²) >= 11 is 0. The van der Waals surface area contributed by atoms with Crippen LogP contribution in [-0.2, 0) is 14.3 Å². The molecular weight excluding hydrogens is 256 g/mol. The summed E-state index contributed by atoms with van der Waals surface area (Å²) in [6.07, 6.45) is 2.95. The third-order valence-electron chi connectivity index (χ3n) is 3.52. The number of rotatable bonds is 9. The summed E-state index contributed by atoms with van der Waals surface area (Å²) < 4.78 is 4.67. The number of hydrogen-bond donors (Lipinski definition) is 1. The number of amides is 1. The highest BCUT2D eigenvalue weighted by Crippen LogP contribution is 2.14. The van der Waals surface area contributed by atoms with Crippen LogP contribution in [0.25, 0.3) is 0 Å². The molecule has 0 aliphatic rings. The van der Waals surface area contributed by atoms with Gasteiger partial charge in [0.25, 0.3) is 0 Å². The second-order valence-corrected chi connectivity index (χ2v) is 6.02. The molecule has 0 saturated carbocycles. The first-order valence-electron chi connectivity index (χ1n) is 7.36. The molecule has 0 spiro atoms. The molecule has 0 heterocycles. The number of nitrogens with two attached hydrogens (primary N) is 1. The zero-order valence-corrected chi connectivity index (χ0v) is 13.6. The molecule has 0 saturated heterocycles. The number of nitrogens with zero attached hydrogens (tertiary/aromatic N) is 1. The first-order valence-corrected chi connectivity index (χ1v) is 7.36. The summed E-state index contributed by atoms with van der Waals surface area (Å²) in [4.78, 5) is 25.3. The monoisotopic (exact) mass is 286 g/mol. The van der Waals surface area contributed by atoms with Crippen LogP contribution in [0.1, 0.15) is 53.4 Å². The van der Waals surface area contributed by atoms with Crippen molar-refractivity contribution in [3.63, 3.8) is 0 Å². The Bertz CT molecular complexity index is 307. The van der Waals surface area contributed by atoms with Gasteiger partial charge in [-0.2, -0.15) is 0 Å². The molecule has 5 nitrogen and oxygen atoms in total. The van der Waals surface area contributed by atoms with Crippen molar-refractivity contribution in [2.75, 3.05) is 20.2 Å². The Kier molecular flexibility index (Phi) is 8.46. The van der Waals surface area contributed by atoms with Gasteiger partial charge in [0.2, 0.25) is 5.91 Å². The maximum absolute atomic E-state index is 12.3. The van der Waals surface area contributed by atoms with E-state index >= 15 is 0 Å². The molecule has 0 rings (SSSR count). The molecule has 0 unspecified atom stereocenters. The molecule has 0 bridgehead atoms. The quantitative estimate of drug-likeness (QED) is 0.657. The molecule has 0 aromatic rings. The van der Waals surface area contributed by atoms with Crippen molar-refractivity contribution >= 4 is 11.9 Å². The fraction of sp³-hybridized carbons (Fsp3) is 0.867. The molecule has 0 aliphatic heterocycles. The molecule has 0 aromatic carbocycles. The molecule has 0 aliphatic carbocycles. The Morgan fingerprint density at radius 2 is 1.80 bits per heavy atom. The average molecular weight is 286 g/mol. The molecule has 118 valence electrons. The molecule has 0 fully saturated rings. The third-order valence-corrected chi connectivity index (χ3v) is 3.52. The van der Waals surface area contributed by atoms with E-state index in [1.54, 1.807) is 4.90 Å². The van der Waals surface area contributed by atoms with E-state index in [0.717, 1.165) is 12.8 Å². The number of carbonyl (C=O) groups is 2. The summed E-state index contributed by atoms with van der Waals surface area (Å²) in [6.45, 7) is 8.61. The number of hydrogen-bond acceptors (Lipinski definition) is 4. The molecule has 20 heavy (non-hydrogen) atoms. The predicted octanol–water partition coefficient (Wildman–Crippen LogP) is 1.94. The van der Waals surface area contributed by atoms with Crippen LogP contribution in [0.5, 0.6) is 0 Å². The Hall–Kier alpha value is -1.10. The molecule has 2 N–H and O–H groups in total. The van der Waals surface area contributed by atoms with Crippen molar-refractivity contribution in [2.24, 2.45) is 11.7 Å². The second kappa shape index (κ2) is 8.95. The van der Waals surface area contributed by atoms with Gasteiger partial charge in [-0.1, -0.05) is 26.7 Å². The van der Waals surface area contributed by atoms with E-state index < -0.39 is 0 Å². The zero-order chi connectivity index (χ0) is 15.8. The molecular formula is C15H30N2O3. The van der Waals surface area contributed by atoms with Crippen molar-refractivity contribution < 1.29 is 14.3 Å². The van der Waals surface area contributed by atoms with E-state index in [2.05, 4.69) is 18.6 Å². The number of esters is 1. The summed E-state index contributed by atoms with van der Waals surface area (Å²) in [7, 11) is 1.34. The molecule has 0 atom stereocenters. The fourth-order valence-corrected chi connectivity index (χ4v) is 1.92. The summed E-state index contributed by atoms with van der Waals surface area (Å²) in [6, 6.07) is 0. The van der Waals surface area contributed by atoms with Gasteiger partial charge in [-0.3, -0.25) is 9.59 Å². The molecule has 0 radical (unpaired) electrons. The molecule has 5 heteroatoms. The van der Waals surface area contributed by atoms with E-state index in [-0.39, 0.29) is 24.0 Å². The number of methoxy groups -OCH3 is 1. The van der Waals surface area contributed by atoms with Crippen molar-refractivity contribution in [3.8, 4) is 0 Å². The molecule has 0 aromatic heterocycles. The van der Waals surface area contributed by atoms with Gasteiger partial charge in [0.1, 0.15) is 6.54 Å². The van der Waals surface area contributed by atoms with Crippen LogP contribution in [0.3, 0.4) is 0 Å². The van der Waals surface area contributed by atoms with Crippen LogP contribution >= 0.6 is 0 Å². The lowest BCUT2D eigenvalue weighted by molar-refractivity contribution is -0.147. The Morgan fingerprint density at radius 3 is 2.20 bits per heavy atom. The van der Waals surface area contributed by atoms with Crippen molar-refractivity contribution in [3.05, 3.63) is 0 Å². The SMILES string of the molecule is CCC(CC)CN(CC(=O)OC)C(=O)CCC(C)(C)N. The number of ether oxygens (including phenoxy) is 1. The molecule has 1 amide bonds. The van der Waals surface area contributed by atoms with Crippen molar-refractivity contribution in [1.82, 2.24) is 4.90 Å². The van der Waals surface area contributed by atoms with Crippen molar-refractivity contribution in [1.29, 1.82) is 0 Å². The maximum atomic E-state index is 12.3. The Labute approximate surface area is 122 Å². The standard InChI is InChI=1S/C15H30N2O3/c1-6-12(7-2)10-17(11-14(19)20-5)13(18)8-9-15(3,4)16/h12H,6-11,16H2,1-5H3. The first kappa shape index (κ1) is 18.9. The lowest BCUT2D eigenvalue weighted by Crippen LogP contribution is -2.41. The van der Waals surface area contributed by atoms with E-state index in [1.807, 2.05) is 13.8 Å². The minimum atomic E-state index is -0.378. The van der Waals surface area contributed by atoms with E-state index in [1.165, 1.54) is 7.11 Å². The van der Waals surface area contributed by atoms with Gasteiger partial charge < -0.3 is 15.4 Å². The summed E-state index contributed by atoms with van der Waals surface area (Å²) in [5.41, 5.74) is 5.53. The van der Waals surface area contributed by atoms with Gasteiger partial charge in [0.05, 0.1) is 7.11 Å². The van der Waals surface area contributed by atoms with E-state index in [4.69, 9.17) is 5.73 Å². The summed E-state index contributed by atoms with van der Waals surface area (Å²) in [5, 5.41) is 0. The van der Waals surface area contributed by atoms with Crippen LogP contribution in [0.15, 0.2) is 0 Å². The highest BCUT2D eigenvalue weighted by atomic mass is 16.5. The second-order valence-electron chi connectivity index (χ2n) is 6.02. The smallest absolute Gasteiger partial charge is 0.325 e. The minimum absolute atomic E-state index is 0.0246. The lowest BCUT2D eigenvalue weighted by atomic mass is 9.98. The van der Waals surface area contributed by atoms with Gasteiger partial charge in [-0.05, 0) is 26.2 Å².